The molecule has 0 atom stereocenters. The number of nitrogens with one attached hydrogen (secondary N) is 1. The fourth-order valence-electron chi connectivity index (χ4n) is 3.68. The van der Waals surface area contributed by atoms with Gasteiger partial charge in [-0.1, -0.05) is 6.07 Å². The minimum absolute atomic E-state index is 0.405. The van der Waals surface area contributed by atoms with Crippen molar-refractivity contribution in [3.8, 4) is 11.5 Å². The van der Waals surface area contributed by atoms with Crippen LogP contribution in [-0.2, 0) is 24.2 Å². The number of H-pyrrole nitrogens is 1. The number of nitrogens with zero attached hydrogens (tertiary/aromatic N) is 3. The Morgan fingerprint density at radius 2 is 1.87 bits per heavy atom. The SMILES string of the molecule is COCCn1c(Cc2ccc(OC)c(OC)c2)nc2c1c(=O)[nH]c(=O)n2CC1CC1. The van der Waals surface area contributed by atoms with Gasteiger partial charge in [-0.2, -0.15) is 0 Å². The summed E-state index contributed by atoms with van der Waals surface area (Å²) >= 11 is 0. The van der Waals surface area contributed by atoms with Crippen molar-refractivity contribution in [2.45, 2.75) is 32.4 Å². The molecule has 1 aromatic carbocycles. The van der Waals surface area contributed by atoms with Gasteiger partial charge in [-0.25, -0.2) is 9.78 Å². The summed E-state index contributed by atoms with van der Waals surface area (Å²) in [6.07, 6.45) is 2.65. The molecule has 1 aliphatic rings. The first kappa shape index (κ1) is 20.2. The van der Waals surface area contributed by atoms with E-state index >= 15 is 0 Å². The highest BCUT2D eigenvalue weighted by atomic mass is 16.5. The van der Waals surface area contributed by atoms with Crippen molar-refractivity contribution >= 4 is 11.2 Å². The summed E-state index contributed by atoms with van der Waals surface area (Å²) in [4.78, 5) is 32.3. The van der Waals surface area contributed by atoms with Crippen LogP contribution in [0.2, 0.25) is 0 Å². The number of aromatic amines is 1. The van der Waals surface area contributed by atoms with Crippen LogP contribution in [0.5, 0.6) is 11.5 Å². The molecule has 2 heterocycles. The van der Waals surface area contributed by atoms with Crippen molar-refractivity contribution in [3.05, 3.63) is 50.4 Å². The van der Waals surface area contributed by atoms with Crippen LogP contribution in [0.4, 0.5) is 0 Å². The van der Waals surface area contributed by atoms with Gasteiger partial charge in [0.05, 0.1) is 20.8 Å². The summed E-state index contributed by atoms with van der Waals surface area (Å²) in [6.45, 7) is 1.45. The van der Waals surface area contributed by atoms with E-state index in [4.69, 9.17) is 19.2 Å². The number of benzene rings is 1. The molecule has 0 bridgehead atoms. The third-order valence-electron chi connectivity index (χ3n) is 5.43. The van der Waals surface area contributed by atoms with E-state index in [1.807, 2.05) is 22.8 Å². The molecule has 0 unspecified atom stereocenters. The molecule has 0 aliphatic heterocycles. The number of hydrogen-bond donors (Lipinski definition) is 1. The number of imidazole rings is 1. The van der Waals surface area contributed by atoms with Crippen LogP contribution in [0.25, 0.3) is 11.2 Å². The Morgan fingerprint density at radius 1 is 1.10 bits per heavy atom. The summed E-state index contributed by atoms with van der Waals surface area (Å²) < 4.78 is 19.4. The number of hydrogen-bond acceptors (Lipinski definition) is 6. The van der Waals surface area contributed by atoms with E-state index in [2.05, 4.69) is 4.98 Å². The highest BCUT2D eigenvalue weighted by molar-refractivity contribution is 5.71. The molecular formula is C21H26N4O5. The molecule has 30 heavy (non-hydrogen) atoms. The summed E-state index contributed by atoms with van der Waals surface area (Å²) in [6, 6.07) is 5.66. The summed E-state index contributed by atoms with van der Waals surface area (Å²) in [7, 11) is 4.79. The zero-order chi connectivity index (χ0) is 21.3. The van der Waals surface area contributed by atoms with Crippen molar-refractivity contribution < 1.29 is 14.2 Å². The van der Waals surface area contributed by atoms with Crippen molar-refractivity contribution in [1.29, 1.82) is 0 Å². The number of ether oxygens (including phenoxy) is 3. The zero-order valence-corrected chi connectivity index (χ0v) is 17.4. The quantitative estimate of drug-likeness (QED) is 0.570. The standard InChI is InChI=1S/C21H26N4O5/c1-28-9-8-24-17(11-14-6-7-15(29-2)16(10-14)30-3)22-19-18(24)20(26)23-21(27)25(19)12-13-4-5-13/h6-7,10,13H,4-5,8-9,11-12H2,1-3H3,(H,23,26,27). The summed E-state index contributed by atoms with van der Waals surface area (Å²) in [5.41, 5.74) is 0.955. The molecule has 1 aliphatic carbocycles. The van der Waals surface area contributed by atoms with Crippen LogP contribution in [0.1, 0.15) is 24.2 Å². The van der Waals surface area contributed by atoms with E-state index in [0.717, 1.165) is 18.4 Å². The van der Waals surface area contributed by atoms with Gasteiger partial charge in [0.15, 0.2) is 22.7 Å². The number of rotatable bonds is 9. The lowest BCUT2D eigenvalue weighted by Crippen LogP contribution is -2.31. The largest absolute Gasteiger partial charge is 0.493 e. The van der Waals surface area contributed by atoms with Gasteiger partial charge in [-0.15, -0.1) is 0 Å². The van der Waals surface area contributed by atoms with Crippen LogP contribution in [0.3, 0.4) is 0 Å². The van der Waals surface area contributed by atoms with E-state index in [0.29, 0.717) is 60.5 Å². The van der Waals surface area contributed by atoms with Gasteiger partial charge in [0, 0.05) is 26.6 Å². The van der Waals surface area contributed by atoms with Gasteiger partial charge >= 0.3 is 5.69 Å². The first-order valence-electron chi connectivity index (χ1n) is 9.97. The smallest absolute Gasteiger partial charge is 0.330 e. The molecule has 9 nitrogen and oxygen atoms in total. The molecule has 0 saturated heterocycles. The lowest BCUT2D eigenvalue weighted by Gasteiger charge is -2.11. The van der Waals surface area contributed by atoms with Gasteiger partial charge in [0.2, 0.25) is 0 Å². The van der Waals surface area contributed by atoms with E-state index in [-0.39, 0.29) is 0 Å². The normalized spacial score (nSPS) is 13.7. The molecular weight excluding hydrogens is 388 g/mol. The lowest BCUT2D eigenvalue weighted by molar-refractivity contribution is 0.187. The predicted molar refractivity (Wildman–Crippen MR) is 112 cm³/mol. The predicted octanol–water partition coefficient (Wildman–Crippen LogP) is 1.55. The van der Waals surface area contributed by atoms with E-state index in [1.54, 1.807) is 25.9 Å². The highest BCUT2D eigenvalue weighted by Gasteiger charge is 2.26. The third kappa shape index (κ3) is 3.85. The molecule has 3 aromatic rings. The van der Waals surface area contributed by atoms with E-state index < -0.39 is 11.2 Å². The van der Waals surface area contributed by atoms with Gasteiger partial charge in [-0.05, 0) is 36.5 Å². The maximum atomic E-state index is 12.7. The fraction of sp³-hybridized carbons (Fsp3) is 0.476. The first-order chi connectivity index (χ1) is 14.5. The Balaban J connectivity index is 1.83. The molecule has 1 N–H and O–H groups in total. The van der Waals surface area contributed by atoms with Crippen molar-refractivity contribution in [1.82, 2.24) is 19.1 Å². The summed E-state index contributed by atoms with van der Waals surface area (Å²) in [5.74, 6) is 2.42. The topological polar surface area (TPSA) is 100 Å². The molecule has 0 radical (unpaired) electrons. The molecule has 0 spiro atoms. The molecule has 0 amide bonds. The van der Waals surface area contributed by atoms with Crippen molar-refractivity contribution in [2.75, 3.05) is 27.9 Å². The molecule has 4 rings (SSSR count). The first-order valence-corrected chi connectivity index (χ1v) is 9.97. The second-order valence-electron chi connectivity index (χ2n) is 7.52. The summed E-state index contributed by atoms with van der Waals surface area (Å²) in [5, 5.41) is 0. The number of methoxy groups -OCH3 is 3. The second-order valence-corrected chi connectivity index (χ2v) is 7.52. The Labute approximate surface area is 173 Å². The number of fused-ring (bicyclic) bond motifs is 1. The maximum absolute atomic E-state index is 12.7. The molecule has 2 aromatic heterocycles. The Kier molecular flexibility index (Phi) is 5.63. The van der Waals surface area contributed by atoms with Crippen LogP contribution >= 0.6 is 0 Å². The van der Waals surface area contributed by atoms with Gasteiger partial charge in [0.1, 0.15) is 5.82 Å². The molecule has 160 valence electrons. The van der Waals surface area contributed by atoms with E-state index in [9.17, 15) is 9.59 Å². The Hall–Kier alpha value is -3.07. The molecule has 9 heteroatoms. The Bertz CT molecular complexity index is 1170. The Morgan fingerprint density at radius 3 is 2.53 bits per heavy atom. The molecule has 1 fully saturated rings. The minimum atomic E-state index is -0.427. The monoisotopic (exact) mass is 414 g/mol. The van der Waals surface area contributed by atoms with Gasteiger partial charge in [0.25, 0.3) is 5.56 Å². The lowest BCUT2D eigenvalue weighted by atomic mass is 10.1. The maximum Gasteiger partial charge on any atom is 0.330 e. The van der Waals surface area contributed by atoms with Crippen LogP contribution in [0, 0.1) is 5.92 Å². The van der Waals surface area contributed by atoms with Crippen LogP contribution < -0.4 is 20.7 Å². The van der Waals surface area contributed by atoms with Gasteiger partial charge in [-0.3, -0.25) is 14.3 Å². The zero-order valence-electron chi connectivity index (χ0n) is 17.4. The van der Waals surface area contributed by atoms with Crippen LogP contribution in [0.15, 0.2) is 27.8 Å². The van der Waals surface area contributed by atoms with Crippen molar-refractivity contribution in [2.24, 2.45) is 5.92 Å². The molecule has 1 saturated carbocycles. The highest BCUT2D eigenvalue weighted by Crippen LogP contribution is 2.31. The van der Waals surface area contributed by atoms with Crippen molar-refractivity contribution in [3.63, 3.8) is 0 Å². The second kappa shape index (κ2) is 8.35. The average molecular weight is 414 g/mol. The third-order valence-corrected chi connectivity index (χ3v) is 5.43. The minimum Gasteiger partial charge on any atom is -0.493 e. The number of aromatic nitrogens is 4. The van der Waals surface area contributed by atoms with Gasteiger partial charge < -0.3 is 18.8 Å². The van der Waals surface area contributed by atoms with E-state index in [1.165, 1.54) is 0 Å². The average Bonchev–Trinajstić information content (AvgIpc) is 3.49. The fourth-order valence-corrected chi connectivity index (χ4v) is 3.68. The van der Waals surface area contributed by atoms with Crippen LogP contribution in [-0.4, -0.2) is 47.0 Å².